The van der Waals surface area contributed by atoms with Gasteiger partial charge in [0.05, 0.1) is 17.1 Å². The van der Waals surface area contributed by atoms with Crippen molar-refractivity contribution in [2.45, 2.75) is 6.92 Å². The van der Waals surface area contributed by atoms with E-state index in [-0.39, 0.29) is 10.7 Å². The van der Waals surface area contributed by atoms with E-state index in [0.717, 1.165) is 33.8 Å². The minimum Gasteiger partial charge on any atom is -0.309 e. The Morgan fingerprint density at radius 1 is 0.756 bits per heavy atom. The third-order valence-corrected chi connectivity index (χ3v) is 7.46. The van der Waals surface area contributed by atoms with Crippen molar-refractivity contribution < 1.29 is 9.59 Å². The molecule has 200 valence electrons. The molecular formula is C34H24ClN3O2S. The summed E-state index contributed by atoms with van der Waals surface area (Å²) in [5.74, 6) is -1.02. The fraction of sp³-hybridized carbons (Fsp3) is 0.0294. The van der Waals surface area contributed by atoms with Gasteiger partial charge in [0.2, 0.25) is 0 Å². The minimum absolute atomic E-state index is 0.00998. The molecule has 5 aromatic rings. The number of benzene rings is 4. The van der Waals surface area contributed by atoms with Gasteiger partial charge in [-0.3, -0.25) is 19.8 Å². The van der Waals surface area contributed by atoms with E-state index >= 15 is 0 Å². The lowest BCUT2D eigenvalue weighted by Crippen LogP contribution is -2.54. The average molecular weight is 574 g/mol. The van der Waals surface area contributed by atoms with Gasteiger partial charge in [-0.2, -0.15) is 0 Å². The standard InChI is InChI=1S/C34H24ClN3O2S/c1-22-12-16-28(17-13-22)38-33(40)29(32(39)36-34(38)41)20-25-21-30(23-8-4-2-5-9-23)37(27-18-14-26(35)15-19-27)31(25)24-10-6-3-7-11-24/h2-21H,1H3,(H,36,39,41). The normalized spacial score (nSPS) is 14.4. The van der Waals surface area contributed by atoms with E-state index in [1.165, 1.54) is 4.90 Å². The highest BCUT2D eigenvalue weighted by atomic mass is 35.5. The Kier molecular flexibility index (Phi) is 7.10. The first kappa shape index (κ1) is 26.4. The summed E-state index contributed by atoms with van der Waals surface area (Å²) < 4.78 is 2.13. The molecule has 0 spiro atoms. The summed E-state index contributed by atoms with van der Waals surface area (Å²) in [6.07, 6.45) is 1.65. The molecule has 2 amide bonds. The van der Waals surface area contributed by atoms with Crippen molar-refractivity contribution in [2.75, 3.05) is 4.90 Å². The second-order valence-electron chi connectivity index (χ2n) is 9.67. The van der Waals surface area contributed by atoms with Crippen LogP contribution in [0.5, 0.6) is 0 Å². The predicted octanol–water partition coefficient (Wildman–Crippen LogP) is 7.60. The first-order chi connectivity index (χ1) is 19.9. The second-order valence-corrected chi connectivity index (χ2v) is 10.5. The third kappa shape index (κ3) is 5.11. The van der Waals surface area contributed by atoms with Crippen LogP contribution in [-0.2, 0) is 9.59 Å². The number of aryl methyl sites for hydroxylation is 1. The molecule has 1 saturated heterocycles. The first-order valence-corrected chi connectivity index (χ1v) is 13.8. The van der Waals surface area contributed by atoms with Gasteiger partial charge in [0.15, 0.2) is 5.11 Å². The molecule has 4 aromatic carbocycles. The molecule has 0 aliphatic carbocycles. The molecule has 2 heterocycles. The van der Waals surface area contributed by atoms with Gasteiger partial charge in [-0.05, 0) is 78.8 Å². The zero-order valence-corrected chi connectivity index (χ0v) is 23.6. The van der Waals surface area contributed by atoms with Gasteiger partial charge in [-0.15, -0.1) is 0 Å². The number of carbonyl (C=O) groups is 2. The van der Waals surface area contributed by atoms with Crippen molar-refractivity contribution in [3.8, 4) is 28.2 Å². The molecule has 1 aromatic heterocycles. The van der Waals surface area contributed by atoms with Crippen LogP contribution < -0.4 is 10.2 Å². The molecule has 1 aliphatic rings. The Bertz CT molecular complexity index is 1810. The van der Waals surface area contributed by atoms with Gasteiger partial charge in [-0.25, -0.2) is 0 Å². The van der Waals surface area contributed by atoms with Crippen LogP contribution in [0.3, 0.4) is 0 Å². The molecular weight excluding hydrogens is 550 g/mol. The molecule has 0 atom stereocenters. The molecule has 41 heavy (non-hydrogen) atoms. The van der Waals surface area contributed by atoms with Crippen LogP contribution in [0.25, 0.3) is 34.3 Å². The van der Waals surface area contributed by atoms with Crippen molar-refractivity contribution >= 4 is 52.5 Å². The molecule has 0 bridgehead atoms. The van der Waals surface area contributed by atoms with E-state index in [0.29, 0.717) is 16.3 Å². The Hall–Kier alpha value is -4.78. The van der Waals surface area contributed by atoms with E-state index in [9.17, 15) is 9.59 Å². The van der Waals surface area contributed by atoms with Crippen LogP contribution in [0.2, 0.25) is 5.02 Å². The quantitative estimate of drug-likeness (QED) is 0.134. The van der Waals surface area contributed by atoms with Gasteiger partial charge >= 0.3 is 0 Å². The lowest BCUT2D eigenvalue weighted by atomic mass is 10.0. The van der Waals surface area contributed by atoms with Crippen LogP contribution in [0.15, 0.2) is 121 Å². The highest BCUT2D eigenvalue weighted by Gasteiger charge is 2.35. The van der Waals surface area contributed by atoms with Crippen LogP contribution in [0, 0.1) is 6.92 Å². The Labute approximate surface area is 248 Å². The smallest absolute Gasteiger partial charge is 0.270 e. The van der Waals surface area contributed by atoms with Gasteiger partial charge in [0.25, 0.3) is 11.8 Å². The molecule has 6 rings (SSSR count). The molecule has 1 fully saturated rings. The van der Waals surface area contributed by atoms with E-state index in [1.807, 2.05) is 122 Å². The van der Waals surface area contributed by atoms with Crippen molar-refractivity contribution in [3.05, 3.63) is 137 Å². The number of thiocarbonyl (C=S) groups is 1. The van der Waals surface area contributed by atoms with Gasteiger partial charge in [-0.1, -0.05) is 90.0 Å². The number of halogens is 1. The number of nitrogens with one attached hydrogen (secondary N) is 1. The van der Waals surface area contributed by atoms with Gasteiger partial charge in [0.1, 0.15) is 5.57 Å². The Balaban J connectivity index is 1.59. The number of hydrogen-bond acceptors (Lipinski definition) is 3. The molecule has 7 heteroatoms. The van der Waals surface area contributed by atoms with Crippen molar-refractivity contribution in [1.29, 1.82) is 0 Å². The fourth-order valence-electron chi connectivity index (χ4n) is 4.95. The summed E-state index contributed by atoms with van der Waals surface area (Å²) >= 11 is 11.7. The van der Waals surface area contributed by atoms with E-state index < -0.39 is 11.8 Å². The van der Waals surface area contributed by atoms with Crippen molar-refractivity contribution in [1.82, 2.24) is 9.88 Å². The molecule has 0 unspecified atom stereocenters. The fourth-order valence-corrected chi connectivity index (χ4v) is 5.36. The molecule has 1 N–H and O–H groups in total. The summed E-state index contributed by atoms with van der Waals surface area (Å²) in [5, 5.41) is 3.38. The Morgan fingerprint density at radius 3 is 1.98 bits per heavy atom. The summed E-state index contributed by atoms with van der Waals surface area (Å²) in [6.45, 7) is 1.97. The third-order valence-electron chi connectivity index (χ3n) is 6.93. The van der Waals surface area contributed by atoms with E-state index in [2.05, 4.69) is 9.88 Å². The highest BCUT2D eigenvalue weighted by Crippen LogP contribution is 2.38. The zero-order chi connectivity index (χ0) is 28.5. The highest BCUT2D eigenvalue weighted by molar-refractivity contribution is 7.80. The molecule has 5 nitrogen and oxygen atoms in total. The average Bonchev–Trinajstić information content (AvgIpc) is 3.36. The second kappa shape index (κ2) is 11.0. The maximum Gasteiger partial charge on any atom is 0.270 e. The van der Waals surface area contributed by atoms with Crippen LogP contribution >= 0.6 is 23.8 Å². The summed E-state index contributed by atoms with van der Waals surface area (Å²) in [6, 6.07) is 36.9. The molecule has 0 saturated carbocycles. The lowest BCUT2D eigenvalue weighted by molar-refractivity contribution is -0.122. The molecule has 0 radical (unpaired) electrons. The SMILES string of the molecule is Cc1ccc(N2C(=O)C(=Cc3cc(-c4ccccc4)n(-c4ccc(Cl)cc4)c3-c3ccccc3)C(=O)NC2=S)cc1. The number of rotatable bonds is 5. The Morgan fingerprint density at radius 2 is 1.34 bits per heavy atom. The largest absolute Gasteiger partial charge is 0.309 e. The predicted molar refractivity (Wildman–Crippen MR) is 169 cm³/mol. The maximum atomic E-state index is 13.8. The summed E-state index contributed by atoms with van der Waals surface area (Å²) in [5.41, 5.74) is 6.85. The number of carbonyl (C=O) groups excluding carboxylic acids is 2. The number of aromatic nitrogens is 1. The van der Waals surface area contributed by atoms with Gasteiger partial charge in [0, 0.05) is 16.3 Å². The molecule has 1 aliphatic heterocycles. The minimum atomic E-state index is -0.539. The lowest BCUT2D eigenvalue weighted by Gasteiger charge is -2.29. The van der Waals surface area contributed by atoms with E-state index in [4.69, 9.17) is 23.8 Å². The van der Waals surface area contributed by atoms with Crippen molar-refractivity contribution in [2.24, 2.45) is 0 Å². The number of hydrogen-bond donors (Lipinski definition) is 1. The number of amides is 2. The monoisotopic (exact) mass is 573 g/mol. The maximum absolute atomic E-state index is 13.8. The zero-order valence-electron chi connectivity index (χ0n) is 22.0. The number of anilines is 1. The van der Waals surface area contributed by atoms with Gasteiger partial charge < -0.3 is 4.57 Å². The van der Waals surface area contributed by atoms with Crippen LogP contribution in [-0.4, -0.2) is 21.5 Å². The van der Waals surface area contributed by atoms with Crippen LogP contribution in [0.1, 0.15) is 11.1 Å². The topological polar surface area (TPSA) is 54.3 Å². The number of nitrogens with zero attached hydrogens (tertiary/aromatic N) is 2. The van der Waals surface area contributed by atoms with Crippen molar-refractivity contribution in [3.63, 3.8) is 0 Å². The van der Waals surface area contributed by atoms with E-state index in [1.54, 1.807) is 6.08 Å². The first-order valence-electron chi connectivity index (χ1n) is 13.0. The van der Waals surface area contributed by atoms with Crippen LogP contribution in [0.4, 0.5) is 5.69 Å². The summed E-state index contributed by atoms with van der Waals surface area (Å²) in [7, 11) is 0. The summed E-state index contributed by atoms with van der Waals surface area (Å²) in [4.78, 5) is 28.4.